The summed E-state index contributed by atoms with van der Waals surface area (Å²) in [5.41, 5.74) is 0. The maximum absolute atomic E-state index is 11.0. The van der Waals surface area contributed by atoms with Gasteiger partial charge in [-0.2, -0.15) is 0 Å². The molecule has 0 aromatic rings. The van der Waals surface area contributed by atoms with E-state index in [-0.39, 0.29) is 5.97 Å². The number of ether oxygens (including phenoxy) is 1. The van der Waals surface area contributed by atoms with Crippen molar-refractivity contribution >= 4 is 5.97 Å². The number of nitrogens with zero attached hydrogens (tertiary/aromatic N) is 1. The molecule has 0 aromatic carbocycles. The molecule has 0 bridgehead atoms. The summed E-state index contributed by atoms with van der Waals surface area (Å²) in [4.78, 5) is 13.4. The highest BCUT2D eigenvalue weighted by Gasteiger charge is 2.16. The highest BCUT2D eigenvalue weighted by Crippen LogP contribution is 2.13. The van der Waals surface area contributed by atoms with E-state index in [0.717, 1.165) is 19.5 Å². The molecule has 3 nitrogen and oxygen atoms in total. The van der Waals surface area contributed by atoms with Crippen LogP contribution in [-0.4, -0.2) is 36.6 Å². The van der Waals surface area contributed by atoms with Gasteiger partial charge in [0.05, 0.1) is 0 Å². The molecule has 0 saturated carbocycles. The Bertz CT molecular complexity index is 215. The number of esters is 1. The molecule has 0 saturated heterocycles. The number of hydrogen-bond donors (Lipinski definition) is 0. The number of likely N-dealkylation sites (N-methyl/N-ethyl adjacent to an activating group) is 1. The van der Waals surface area contributed by atoms with Crippen LogP contribution < -0.4 is 0 Å². The molecule has 0 aliphatic carbocycles. The molecule has 0 heterocycles. The van der Waals surface area contributed by atoms with Gasteiger partial charge in [-0.3, -0.25) is 9.69 Å². The first-order valence-corrected chi connectivity index (χ1v) is 8.03. The summed E-state index contributed by atoms with van der Waals surface area (Å²) in [5.74, 6) is -0.167. The van der Waals surface area contributed by atoms with E-state index >= 15 is 0 Å². The number of carbonyl (C=O) groups is 1. The normalized spacial score (nSPS) is 12.7. The Morgan fingerprint density at radius 1 is 1.00 bits per heavy atom. The summed E-state index contributed by atoms with van der Waals surface area (Å²) in [6.07, 6.45) is 9.04. The van der Waals surface area contributed by atoms with Gasteiger partial charge in [-0.1, -0.05) is 59.3 Å². The SMILES string of the molecule is CCCCCCCCC(COC(C)=O)N(CC)CC. The van der Waals surface area contributed by atoms with E-state index in [1.807, 2.05) is 0 Å². The minimum absolute atomic E-state index is 0.167. The quantitative estimate of drug-likeness (QED) is 0.397. The van der Waals surface area contributed by atoms with Crippen molar-refractivity contribution in [2.75, 3.05) is 19.7 Å². The standard InChI is InChI=1S/C16H33NO2/c1-5-8-9-10-11-12-13-16(14-19-15(4)18)17(6-2)7-3/h16H,5-14H2,1-4H3. The predicted molar refractivity (Wildman–Crippen MR) is 81.3 cm³/mol. The van der Waals surface area contributed by atoms with Gasteiger partial charge < -0.3 is 4.74 Å². The minimum atomic E-state index is -0.167. The summed E-state index contributed by atoms with van der Waals surface area (Å²) in [7, 11) is 0. The van der Waals surface area contributed by atoms with Crippen molar-refractivity contribution in [1.82, 2.24) is 4.90 Å². The number of carbonyl (C=O) groups excluding carboxylic acids is 1. The number of rotatable bonds is 12. The van der Waals surface area contributed by atoms with E-state index in [2.05, 4.69) is 25.7 Å². The fraction of sp³-hybridized carbons (Fsp3) is 0.938. The maximum atomic E-state index is 11.0. The lowest BCUT2D eigenvalue weighted by molar-refractivity contribution is -0.142. The molecule has 0 spiro atoms. The van der Waals surface area contributed by atoms with Crippen LogP contribution in [0.25, 0.3) is 0 Å². The molecule has 1 unspecified atom stereocenters. The Morgan fingerprint density at radius 3 is 2.11 bits per heavy atom. The van der Waals surface area contributed by atoms with Gasteiger partial charge in [0, 0.05) is 13.0 Å². The smallest absolute Gasteiger partial charge is 0.302 e. The van der Waals surface area contributed by atoms with Crippen LogP contribution in [0, 0.1) is 0 Å². The zero-order valence-electron chi connectivity index (χ0n) is 13.4. The third-order valence-corrected chi connectivity index (χ3v) is 3.70. The summed E-state index contributed by atoms with van der Waals surface area (Å²) in [6.45, 7) is 10.7. The van der Waals surface area contributed by atoms with Crippen molar-refractivity contribution in [2.45, 2.75) is 78.7 Å². The average Bonchev–Trinajstić information content (AvgIpc) is 2.40. The molecule has 19 heavy (non-hydrogen) atoms. The minimum Gasteiger partial charge on any atom is -0.464 e. The number of hydrogen-bond acceptors (Lipinski definition) is 3. The van der Waals surface area contributed by atoms with E-state index in [1.54, 1.807) is 0 Å². The maximum Gasteiger partial charge on any atom is 0.302 e. The lowest BCUT2D eigenvalue weighted by atomic mass is 10.0. The molecular weight excluding hydrogens is 238 g/mol. The van der Waals surface area contributed by atoms with Crippen molar-refractivity contribution in [3.63, 3.8) is 0 Å². The molecule has 0 rings (SSSR count). The second-order valence-corrected chi connectivity index (χ2v) is 5.23. The zero-order valence-corrected chi connectivity index (χ0v) is 13.4. The van der Waals surface area contributed by atoms with E-state index in [9.17, 15) is 4.79 Å². The Hall–Kier alpha value is -0.570. The molecule has 3 heteroatoms. The van der Waals surface area contributed by atoms with Gasteiger partial charge in [-0.25, -0.2) is 0 Å². The molecule has 0 radical (unpaired) electrons. The Kier molecular flexibility index (Phi) is 12.1. The van der Waals surface area contributed by atoms with Gasteiger partial charge >= 0.3 is 5.97 Å². The number of unbranched alkanes of at least 4 members (excludes halogenated alkanes) is 5. The van der Waals surface area contributed by atoms with Gasteiger partial charge in [-0.15, -0.1) is 0 Å². The summed E-state index contributed by atoms with van der Waals surface area (Å²) >= 11 is 0. The molecule has 114 valence electrons. The monoisotopic (exact) mass is 271 g/mol. The lowest BCUT2D eigenvalue weighted by Crippen LogP contribution is -2.38. The second kappa shape index (κ2) is 12.5. The average molecular weight is 271 g/mol. The van der Waals surface area contributed by atoms with Crippen LogP contribution in [-0.2, 0) is 9.53 Å². The van der Waals surface area contributed by atoms with Crippen molar-refractivity contribution in [3.8, 4) is 0 Å². The Balaban J connectivity index is 3.93. The van der Waals surface area contributed by atoms with Crippen LogP contribution in [0.3, 0.4) is 0 Å². The topological polar surface area (TPSA) is 29.5 Å². The van der Waals surface area contributed by atoms with E-state index < -0.39 is 0 Å². The third kappa shape index (κ3) is 9.94. The fourth-order valence-electron chi connectivity index (χ4n) is 2.49. The molecule has 0 amide bonds. The highest BCUT2D eigenvalue weighted by molar-refractivity contribution is 5.65. The van der Waals surface area contributed by atoms with E-state index in [0.29, 0.717) is 12.6 Å². The molecule has 1 atom stereocenters. The van der Waals surface area contributed by atoms with Crippen LogP contribution in [0.15, 0.2) is 0 Å². The van der Waals surface area contributed by atoms with Crippen LogP contribution in [0.2, 0.25) is 0 Å². The van der Waals surface area contributed by atoms with Crippen molar-refractivity contribution in [1.29, 1.82) is 0 Å². The van der Waals surface area contributed by atoms with Crippen LogP contribution in [0.4, 0.5) is 0 Å². The summed E-state index contributed by atoms with van der Waals surface area (Å²) < 4.78 is 5.20. The molecule has 0 aliphatic heterocycles. The van der Waals surface area contributed by atoms with Gasteiger partial charge in [0.2, 0.25) is 0 Å². The van der Waals surface area contributed by atoms with E-state index in [1.165, 1.54) is 45.4 Å². The fourth-order valence-corrected chi connectivity index (χ4v) is 2.49. The van der Waals surface area contributed by atoms with Gasteiger partial charge in [0.25, 0.3) is 0 Å². The zero-order chi connectivity index (χ0) is 14.5. The lowest BCUT2D eigenvalue weighted by Gasteiger charge is -2.29. The Morgan fingerprint density at radius 2 is 1.58 bits per heavy atom. The largest absolute Gasteiger partial charge is 0.464 e. The third-order valence-electron chi connectivity index (χ3n) is 3.70. The van der Waals surface area contributed by atoms with Gasteiger partial charge in [0.1, 0.15) is 6.61 Å². The summed E-state index contributed by atoms with van der Waals surface area (Å²) in [6, 6.07) is 0.394. The highest BCUT2D eigenvalue weighted by atomic mass is 16.5. The summed E-state index contributed by atoms with van der Waals surface area (Å²) in [5, 5.41) is 0. The van der Waals surface area contributed by atoms with Gasteiger partial charge in [0.15, 0.2) is 0 Å². The van der Waals surface area contributed by atoms with Crippen LogP contribution >= 0.6 is 0 Å². The van der Waals surface area contributed by atoms with Crippen LogP contribution in [0.1, 0.15) is 72.6 Å². The molecular formula is C16H33NO2. The van der Waals surface area contributed by atoms with Gasteiger partial charge in [-0.05, 0) is 19.5 Å². The first-order valence-electron chi connectivity index (χ1n) is 8.03. The van der Waals surface area contributed by atoms with E-state index in [4.69, 9.17) is 4.74 Å². The van der Waals surface area contributed by atoms with Crippen molar-refractivity contribution < 1.29 is 9.53 Å². The van der Waals surface area contributed by atoms with Crippen LogP contribution in [0.5, 0.6) is 0 Å². The first kappa shape index (κ1) is 18.4. The molecule has 0 aromatic heterocycles. The second-order valence-electron chi connectivity index (χ2n) is 5.23. The molecule has 0 aliphatic rings. The van der Waals surface area contributed by atoms with Crippen molar-refractivity contribution in [2.24, 2.45) is 0 Å². The molecule has 0 fully saturated rings. The Labute approximate surface area is 119 Å². The van der Waals surface area contributed by atoms with Crippen molar-refractivity contribution in [3.05, 3.63) is 0 Å². The first-order chi connectivity index (χ1) is 9.15. The predicted octanol–water partition coefficient (Wildman–Crippen LogP) is 4.01. The molecule has 0 N–H and O–H groups in total.